The van der Waals surface area contributed by atoms with Crippen LogP contribution in [0.1, 0.15) is 272 Å². The van der Waals surface area contributed by atoms with Gasteiger partial charge in [0.2, 0.25) is 0 Å². The van der Waals surface area contributed by atoms with Crippen LogP contribution in [0.5, 0.6) is 0 Å². The Balaban J connectivity index is 4.29. The van der Waals surface area contributed by atoms with Crippen LogP contribution in [0.3, 0.4) is 0 Å². The van der Waals surface area contributed by atoms with Crippen molar-refractivity contribution in [2.24, 2.45) is 5.92 Å². The summed E-state index contributed by atoms with van der Waals surface area (Å²) in [5, 5.41) is 0. The maximum absolute atomic E-state index is 12.7. The van der Waals surface area contributed by atoms with E-state index < -0.39 is 6.10 Å². The quantitative estimate of drug-likeness (QED) is 0.0348. The number of carbonyl (C=O) groups is 3. The Kier molecular flexibility index (Phi) is 42.3. The van der Waals surface area contributed by atoms with Gasteiger partial charge in [-0.15, -0.1) is 0 Å². The molecule has 1 atom stereocenters. The molecule has 0 bridgehead atoms. The highest BCUT2D eigenvalue weighted by Crippen LogP contribution is 2.16. The summed E-state index contributed by atoms with van der Waals surface area (Å²) in [6.07, 6.45) is 43.7. The van der Waals surface area contributed by atoms with E-state index in [1.54, 1.807) is 0 Å². The van der Waals surface area contributed by atoms with Crippen LogP contribution in [-0.2, 0) is 28.6 Å². The first-order chi connectivity index (χ1) is 26.9. The fourth-order valence-electron chi connectivity index (χ4n) is 7.33. The van der Waals surface area contributed by atoms with Crippen molar-refractivity contribution >= 4 is 17.9 Å². The van der Waals surface area contributed by atoms with Crippen LogP contribution in [0.15, 0.2) is 0 Å². The molecule has 55 heavy (non-hydrogen) atoms. The maximum Gasteiger partial charge on any atom is 0.306 e. The Morgan fingerprint density at radius 2 is 0.600 bits per heavy atom. The molecule has 0 amide bonds. The molecule has 0 saturated heterocycles. The summed E-state index contributed by atoms with van der Waals surface area (Å²) in [5.41, 5.74) is 0. The normalized spacial score (nSPS) is 11.9. The standard InChI is InChI=1S/C49H94O6/c1-5-7-9-11-13-15-17-21-26-30-34-38-42-49(52)55-46(43-53-47(50)40-36-32-28-24-16-14-12-10-8-6-2)44-54-48(51)41-37-33-29-25-22-19-18-20-23-27-31-35-39-45(3)4/h45-46H,5-44H2,1-4H3/t46-/m1/s1. The Bertz CT molecular complexity index is 826. The monoisotopic (exact) mass is 779 g/mol. The molecule has 0 aromatic carbocycles. The largest absolute Gasteiger partial charge is 0.462 e. The second-order valence-electron chi connectivity index (χ2n) is 17.2. The Hall–Kier alpha value is -1.59. The molecular weight excluding hydrogens is 685 g/mol. The Morgan fingerprint density at radius 3 is 0.891 bits per heavy atom. The summed E-state index contributed by atoms with van der Waals surface area (Å²) in [6.45, 7) is 9.00. The number of rotatable bonds is 44. The Labute approximate surface area is 342 Å². The number of hydrogen-bond acceptors (Lipinski definition) is 6. The lowest BCUT2D eigenvalue weighted by molar-refractivity contribution is -0.167. The van der Waals surface area contributed by atoms with Gasteiger partial charge in [-0.05, 0) is 25.2 Å². The smallest absolute Gasteiger partial charge is 0.306 e. The SMILES string of the molecule is CCCCCCCCCCCCCCC(=O)O[C@H](COC(=O)CCCCCCCCCCCC)COC(=O)CCCCCCCCCCCCCCC(C)C. The van der Waals surface area contributed by atoms with Crippen LogP contribution in [-0.4, -0.2) is 37.2 Å². The maximum atomic E-state index is 12.7. The van der Waals surface area contributed by atoms with Crippen LogP contribution >= 0.6 is 0 Å². The van der Waals surface area contributed by atoms with Gasteiger partial charge in [-0.1, -0.05) is 233 Å². The fraction of sp³-hybridized carbons (Fsp3) is 0.939. The van der Waals surface area contributed by atoms with Gasteiger partial charge in [0, 0.05) is 19.3 Å². The van der Waals surface area contributed by atoms with E-state index in [1.807, 2.05) is 0 Å². The van der Waals surface area contributed by atoms with Crippen molar-refractivity contribution in [3.05, 3.63) is 0 Å². The third-order valence-electron chi connectivity index (χ3n) is 11.0. The lowest BCUT2D eigenvalue weighted by Gasteiger charge is -2.18. The average Bonchev–Trinajstić information content (AvgIpc) is 3.17. The molecule has 0 N–H and O–H groups in total. The highest BCUT2D eigenvalue weighted by atomic mass is 16.6. The third kappa shape index (κ3) is 43.4. The zero-order valence-corrected chi connectivity index (χ0v) is 37.4. The van der Waals surface area contributed by atoms with Crippen LogP contribution in [0.2, 0.25) is 0 Å². The van der Waals surface area contributed by atoms with Crippen LogP contribution in [0.25, 0.3) is 0 Å². The van der Waals surface area contributed by atoms with E-state index in [1.165, 1.54) is 167 Å². The first-order valence-corrected chi connectivity index (χ1v) is 24.4. The number of hydrogen-bond donors (Lipinski definition) is 0. The second kappa shape index (κ2) is 43.5. The Morgan fingerprint density at radius 1 is 0.345 bits per heavy atom. The number of carbonyl (C=O) groups excluding carboxylic acids is 3. The van der Waals surface area contributed by atoms with Gasteiger partial charge in [-0.3, -0.25) is 14.4 Å². The van der Waals surface area contributed by atoms with Crippen LogP contribution in [0.4, 0.5) is 0 Å². The van der Waals surface area contributed by atoms with Gasteiger partial charge < -0.3 is 14.2 Å². The molecule has 6 heteroatoms. The van der Waals surface area contributed by atoms with Gasteiger partial charge >= 0.3 is 17.9 Å². The molecule has 0 radical (unpaired) electrons. The minimum absolute atomic E-state index is 0.0632. The molecule has 0 heterocycles. The van der Waals surface area contributed by atoms with Gasteiger partial charge in [0.15, 0.2) is 6.10 Å². The molecule has 0 rings (SSSR count). The van der Waals surface area contributed by atoms with E-state index in [-0.39, 0.29) is 31.1 Å². The van der Waals surface area contributed by atoms with E-state index in [9.17, 15) is 14.4 Å². The van der Waals surface area contributed by atoms with Gasteiger partial charge in [-0.25, -0.2) is 0 Å². The van der Waals surface area contributed by atoms with E-state index in [0.29, 0.717) is 19.3 Å². The summed E-state index contributed by atoms with van der Waals surface area (Å²) in [6, 6.07) is 0. The molecule has 0 aliphatic heterocycles. The highest BCUT2D eigenvalue weighted by Gasteiger charge is 2.19. The molecule has 0 fully saturated rings. The van der Waals surface area contributed by atoms with Crippen LogP contribution in [0, 0.1) is 5.92 Å². The molecule has 0 aromatic heterocycles. The number of esters is 3. The molecule has 326 valence electrons. The zero-order valence-electron chi connectivity index (χ0n) is 37.4. The summed E-state index contributed by atoms with van der Waals surface area (Å²) < 4.78 is 16.7. The van der Waals surface area contributed by atoms with Crippen molar-refractivity contribution in [2.75, 3.05) is 13.2 Å². The van der Waals surface area contributed by atoms with Crippen molar-refractivity contribution in [2.45, 2.75) is 278 Å². The summed E-state index contributed by atoms with van der Waals surface area (Å²) in [5.74, 6) is -0.0162. The van der Waals surface area contributed by atoms with Crippen molar-refractivity contribution in [3.63, 3.8) is 0 Å². The van der Waals surface area contributed by atoms with E-state index in [4.69, 9.17) is 14.2 Å². The minimum Gasteiger partial charge on any atom is -0.462 e. The van der Waals surface area contributed by atoms with E-state index >= 15 is 0 Å². The number of unbranched alkanes of at least 4 members (excludes halogenated alkanes) is 31. The van der Waals surface area contributed by atoms with Crippen molar-refractivity contribution in [3.8, 4) is 0 Å². The van der Waals surface area contributed by atoms with Gasteiger partial charge in [0.1, 0.15) is 13.2 Å². The molecule has 0 aromatic rings. The number of ether oxygens (including phenoxy) is 3. The topological polar surface area (TPSA) is 78.9 Å². The molecule has 0 aliphatic rings. The molecule has 6 nitrogen and oxygen atoms in total. The van der Waals surface area contributed by atoms with Gasteiger partial charge in [-0.2, -0.15) is 0 Å². The first kappa shape index (κ1) is 53.4. The fourth-order valence-corrected chi connectivity index (χ4v) is 7.33. The predicted octanol–water partition coefficient (Wildman–Crippen LogP) is 15.5. The van der Waals surface area contributed by atoms with Crippen molar-refractivity contribution in [1.29, 1.82) is 0 Å². The molecular formula is C49H94O6. The first-order valence-electron chi connectivity index (χ1n) is 24.4. The van der Waals surface area contributed by atoms with Crippen molar-refractivity contribution < 1.29 is 28.6 Å². The lowest BCUT2D eigenvalue weighted by Crippen LogP contribution is -2.30. The minimum atomic E-state index is -0.759. The third-order valence-corrected chi connectivity index (χ3v) is 11.0. The highest BCUT2D eigenvalue weighted by molar-refractivity contribution is 5.71. The lowest BCUT2D eigenvalue weighted by atomic mass is 10.0. The summed E-state index contributed by atoms with van der Waals surface area (Å²) >= 11 is 0. The molecule has 0 unspecified atom stereocenters. The zero-order chi connectivity index (χ0) is 40.3. The molecule has 0 spiro atoms. The van der Waals surface area contributed by atoms with E-state index in [2.05, 4.69) is 27.7 Å². The molecule has 0 aliphatic carbocycles. The molecule has 0 saturated carbocycles. The van der Waals surface area contributed by atoms with Crippen molar-refractivity contribution in [1.82, 2.24) is 0 Å². The van der Waals surface area contributed by atoms with Crippen LogP contribution < -0.4 is 0 Å². The van der Waals surface area contributed by atoms with Gasteiger partial charge in [0.05, 0.1) is 0 Å². The summed E-state index contributed by atoms with van der Waals surface area (Å²) in [7, 11) is 0. The predicted molar refractivity (Wildman–Crippen MR) is 233 cm³/mol. The average molecular weight is 779 g/mol. The van der Waals surface area contributed by atoms with Gasteiger partial charge in [0.25, 0.3) is 0 Å². The second-order valence-corrected chi connectivity index (χ2v) is 17.2. The van der Waals surface area contributed by atoms with E-state index in [0.717, 1.165) is 63.7 Å². The summed E-state index contributed by atoms with van der Waals surface area (Å²) in [4.78, 5) is 37.8.